The average molecular weight is 199 g/mol. The summed E-state index contributed by atoms with van der Waals surface area (Å²) in [6, 6.07) is 3.63. The Morgan fingerprint density at radius 1 is 1.38 bits per heavy atom. The van der Waals surface area contributed by atoms with Crippen molar-refractivity contribution in [1.29, 1.82) is 0 Å². The van der Waals surface area contributed by atoms with Crippen molar-refractivity contribution in [2.24, 2.45) is 0 Å². The molecule has 13 heavy (non-hydrogen) atoms. The Bertz CT molecular complexity index is 345. The van der Waals surface area contributed by atoms with Crippen LogP contribution in [0.25, 0.3) is 0 Å². The fourth-order valence-electron chi connectivity index (χ4n) is 1.19. The predicted octanol–water partition coefficient (Wildman–Crippen LogP) is 2.58. The molecule has 0 atom stereocenters. The van der Waals surface area contributed by atoms with Crippen LogP contribution >= 0.6 is 11.6 Å². The fraction of sp³-hybridized carbons (Fsp3) is 0.300. The first-order valence-electron chi connectivity index (χ1n) is 3.98. The number of carboxylic acids is 1. The largest absolute Gasteiger partial charge is 0.481 e. The molecule has 0 aromatic heterocycles. The Hall–Kier alpha value is -1.02. The number of hydrogen-bond donors (Lipinski definition) is 1. The third kappa shape index (κ3) is 2.46. The van der Waals surface area contributed by atoms with Crippen molar-refractivity contribution in [3.05, 3.63) is 33.8 Å². The minimum Gasteiger partial charge on any atom is -0.481 e. The van der Waals surface area contributed by atoms with Gasteiger partial charge in [-0.25, -0.2) is 0 Å². The summed E-state index contributed by atoms with van der Waals surface area (Å²) in [7, 11) is 0. The molecule has 0 aliphatic carbocycles. The number of carbonyl (C=O) groups is 1. The number of carboxylic acid groups (broad SMARTS) is 1. The number of aliphatic carboxylic acids is 1. The van der Waals surface area contributed by atoms with Crippen LogP contribution in [0.1, 0.15) is 16.7 Å². The lowest BCUT2D eigenvalue weighted by Gasteiger charge is -2.05. The Labute approximate surface area is 82.2 Å². The zero-order chi connectivity index (χ0) is 10.0. The highest BCUT2D eigenvalue weighted by Gasteiger charge is 2.06. The Morgan fingerprint density at radius 2 is 2.00 bits per heavy atom. The number of hydrogen-bond acceptors (Lipinski definition) is 1. The second-order valence-electron chi connectivity index (χ2n) is 3.10. The normalized spacial score (nSPS) is 10.1. The molecule has 0 aliphatic rings. The predicted molar refractivity (Wildman–Crippen MR) is 52.3 cm³/mol. The van der Waals surface area contributed by atoms with E-state index < -0.39 is 5.97 Å². The maximum absolute atomic E-state index is 10.5. The van der Waals surface area contributed by atoms with Crippen LogP contribution in [0.2, 0.25) is 5.02 Å². The summed E-state index contributed by atoms with van der Waals surface area (Å²) in [5.74, 6) is -0.815. The third-order valence-electron chi connectivity index (χ3n) is 1.96. The molecule has 0 radical (unpaired) electrons. The van der Waals surface area contributed by atoms with E-state index >= 15 is 0 Å². The van der Waals surface area contributed by atoms with Crippen molar-refractivity contribution in [3.63, 3.8) is 0 Å². The molecule has 1 N–H and O–H groups in total. The van der Waals surface area contributed by atoms with Crippen molar-refractivity contribution < 1.29 is 9.90 Å². The molecule has 2 nitrogen and oxygen atoms in total. The smallest absolute Gasteiger partial charge is 0.307 e. The van der Waals surface area contributed by atoms with Gasteiger partial charge in [0.1, 0.15) is 0 Å². The van der Waals surface area contributed by atoms with E-state index in [-0.39, 0.29) is 6.42 Å². The van der Waals surface area contributed by atoms with Crippen molar-refractivity contribution in [2.45, 2.75) is 20.3 Å². The maximum Gasteiger partial charge on any atom is 0.307 e. The molecule has 1 rings (SSSR count). The van der Waals surface area contributed by atoms with E-state index in [1.807, 2.05) is 19.9 Å². The van der Waals surface area contributed by atoms with Crippen molar-refractivity contribution in [1.82, 2.24) is 0 Å². The van der Waals surface area contributed by atoms with Crippen LogP contribution in [0.4, 0.5) is 0 Å². The lowest BCUT2D eigenvalue weighted by atomic mass is 10.0. The van der Waals surface area contributed by atoms with Gasteiger partial charge in [0.05, 0.1) is 6.42 Å². The number of aryl methyl sites for hydroxylation is 2. The van der Waals surface area contributed by atoms with Crippen LogP contribution < -0.4 is 0 Å². The van der Waals surface area contributed by atoms with Gasteiger partial charge in [0.15, 0.2) is 0 Å². The van der Waals surface area contributed by atoms with Gasteiger partial charge in [-0.2, -0.15) is 0 Å². The van der Waals surface area contributed by atoms with E-state index in [1.54, 1.807) is 6.07 Å². The van der Waals surface area contributed by atoms with Gasteiger partial charge in [-0.3, -0.25) is 4.79 Å². The quantitative estimate of drug-likeness (QED) is 0.793. The van der Waals surface area contributed by atoms with Gasteiger partial charge < -0.3 is 5.11 Å². The van der Waals surface area contributed by atoms with Crippen LogP contribution in [-0.4, -0.2) is 11.1 Å². The Morgan fingerprint density at radius 3 is 2.54 bits per heavy atom. The molecule has 0 amide bonds. The molecule has 0 unspecified atom stereocenters. The van der Waals surface area contributed by atoms with E-state index in [4.69, 9.17) is 16.7 Å². The van der Waals surface area contributed by atoms with Gasteiger partial charge in [-0.1, -0.05) is 17.7 Å². The molecular weight excluding hydrogens is 188 g/mol. The molecule has 0 aliphatic heterocycles. The fourth-order valence-corrected chi connectivity index (χ4v) is 1.41. The third-order valence-corrected chi connectivity index (χ3v) is 2.37. The highest BCUT2D eigenvalue weighted by Crippen LogP contribution is 2.20. The van der Waals surface area contributed by atoms with Crippen molar-refractivity contribution in [2.75, 3.05) is 0 Å². The molecule has 0 bridgehead atoms. The van der Waals surface area contributed by atoms with Crippen LogP contribution in [0, 0.1) is 13.8 Å². The lowest BCUT2D eigenvalue weighted by molar-refractivity contribution is -0.136. The van der Waals surface area contributed by atoms with Gasteiger partial charge in [-0.05, 0) is 36.6 Å². The number of rotatable bonds is 2. The molecule has 0 saturated heterocycles. The number of benzene rings is 1. The summed E-state index contributed by atoms with van der Waals surface area (Å²) in [6.07, 6.45) is 0.0594. The molecule has 0 fully saturated rings. The first kappa shape index (κ1) is 10.1. The first-order valence-corrected chi connectivity index (χ1v) is 4.36. The average Bonchev–Trinajstić information content (AvgIpc) is 1.99. The monoisotopic (exact) mass is 198 g/mol. The Balaban J connectivity index is 3.08. The second-order valence-corrected chi connectivity index (χ2v) is 3.51. The zero-order valence-corrected chi connectivity index (χ0v) is 8.35. The van der Waals surface area contributed by atoms with E-state index in [1.165, 1.54) is 0 Å². The van der Waals surface area contributed by atoms with Crippen molar-refractivity contribution >= 4 is 17.6 Å². The van der Waals surface area contributed by atoms with Gasteiger partial charge in [0.2, 0.25) is 0 Å². The van der Waals surface area contributed by atoms with Gasteiger partial charge in [0.25, 0.3) is 0 Å². The molecule has 1 aromatic rings. The number of halogens is 1. The summed E-state index contributed by atoms with van der Waals surface area (Å²) in [5.41, 5.74) is 2.68. The summed E-state index contributed by atoms with van der Waals surface area (Å²) >= 11 is 5.88. The molecule has 0 heterocycles. The Kier molecular flexibility index (Phi) is 2.94. The summed E-state index contributed by atoms with van der Waals surface area (Å²) in [5, 5.41) is 9.31. The summed E-state index contributed by atoms with van der Waals surface area (Å²) in [4.78, 5) is 10.5. The summed E-state index contributed by atoms with van der Waals surface area (Å²) in [6.45, 7) is 3.73. The molecule has 3 heteroatoms. The topological polar surface area (TPSA) is 37.3 Å². The van der Waals surface area contributed by atoms with Crippen LogP contribution in [-0.2, 0) is 11.2 Å². The van der Waals surface area contributed by atoms with Crippen LogP contribution in [0.15, 0.2) is 12.1 Å². The van der Waals surface area contributed by atoms with E-state index in [0.717, 1.165) is 16.7 Å². The van der Waals surface area contributed by atoms with Gasteiger partial charge in [-0.15, -0.1) is 0 Å². The molecule has 0 spiro atoms. The minimum absolute atomic E-state index is 0.0594. The molecule has 1 aromatic carbocycles. The van der Waals surface area contributed by atoms with E-state index in [2.05, 4.69) is 0 Å². The van der Waals surface area contributed by atoms with Gasteiger partial charge in [0, 0.05) is 5.02 Å². The SMILES string of the molecule is Cc1cc(CC(=O)O)c(C)cc1Cl. The standard InChI is InChI=1S/C10H11ClO2/c1-6-4-9(11)7(2)3-8(6)5-10(12)13/h3-4H,5H2,1-2H3,(H,12,13). The molecule has 0 saturated carbocycles. The maximum atomic E-state index is 10.5. The van der Waals surface area contributed by atoms with E-state index in [0.29, 0.717) is 5.02 Å². The zero-order valence-electron chi connectivity index (χ0n) is 7.60. The summed E-state index contributed by atoms with van der Waals surface area (Å²) < 4.78 is 0. The van der Waals surface area contributed by atoms with Crippen molar-refractivity contribution in [3.8, 4) is 0 Å². The molecular formula is C10H11ClO2. The molecule has 70 valence electrons. The van der Waals surface area contributed by atoms with Crippen LogP contribution in [0.3, 0.4) is 0 Å². The van der Waals surface area contributed by atoms with Crippen LogP contribution in [0.5, 0.6) is 0 Å². The lowest BCUT2D eigenvalue weighted by Crippen LogP contribution is -2.02. The highest BCUT2D eigenvalue weighted by molar-refractivity contribution is 6.31. The highest BCUT2D eigenvalue weighted by atomic mass is 35.5. The van der Waals surface area contributed by atoms with E-state index in [9.17, 15) is 4.79 Å². The van der Waals surface area contributed by atoms with Gasteiger partial charge >= 0.3 is 5.97 Å². The second kappa shape index (κ2) is 3.79. The first-order chi connectivity index (χ1) is 6.00. The minimum atomic E-state index is -0.815.